The number of H-pyrrole nitrogens is 1. The number of phenols is 1. The molecule has 0 spiro atoms. The lowest BCUT2D eigenvalue weighted by Gasteiger charge is -1.90. The number of nitrogens with one attached hydrogen (secondary N) is 1. The van der Waals surface area contributed by atoms with Gasteiger partial charge in [0.05, 0.1) is 11.6 Å². The Hall–Kier alpha value is -1.96. The Labute approximate surface area is 80.8 Å². The first-order valence-corrected chi connectivity index (χ1v) is 4.46. The molecule has 0 atom stereocenters. The van der Waals surface area contributed by atoms with Crippen molar-refractivity contribution in [1.29, 1.82) is 0 Å². The summed E-state index contributed by atoms with van der Waals surface area (Å²) in [6.07, 6.45) is 0. The Bertz CT molecular complexity index is 610. The molecular weight excluding hydrogens is 174 g/mol. The molecule has 0 bridgehead atoms. The molecule has 0 unspecified atom stereocenters. The molecule has 0 aliphatic rings. The summed E-state index contributed by atoms with van der Waals surface area (Å²) in [6, 6.07) is 14.5. The zero-order valence-corrected chi connectivity index (χ0v) is 7.41. The highest BCUT2D eigenvalue weighted by molar-refractivity contribution is 6.07. The van der Waals surface area contributed by atoms with Gasteiger partial charge in [0.15, 0.2) is 0 Å². The maximum atomic E-state index is 9.28. The second-order valence-electron chi connectivity index (χ2n) is 3.30. The number of fused-ring (bicyclic) bond motifs is 3. The Morgan fingerprint density at radius 2 is 1.86 bits per heavy atom. The van der Waals surface area contributed by atoms with E-state index in [-0.39, 0.29) is 5.75 Å². The van der Waals surface area contributed by atoms with E-state index in [0.717, 1.165) is 16.4 Å². The van der Waals surface area contributed by atoms with Crippen LogP contribution in [-0.4, -0.2) is 10.1 Å². The summed E-state index contributed by atoms with van der Waals surface area (Å²) in [7, 11) is 0. The Kier molecular flexibility index (Phi) is 1.34. The number of hydrogen-bond donors (Lipinski definition) is 2. The molecule has 0 amide bonds. The number of aromatic hydroxyl groups is 1. The second-order valence-corrected chi connectivity index (χ2v) is 3.30. The highest BCUT2D eigenvalue weighted by Gasteiger charge is 2.03. The van der Waals surface area contributed by atoms with Gasteiger partial charge in [-0.2, -0.15) is 0 Å². The van der Waals surface area contributed by atoms with E-state index in [4.69, 9.17) is 0 Å². The molecule has 2 nitrogen and oxygen atoms in total. The first-order valence-electron chi connectivity index (χ1n) is 4.46. The summed E-state index contributed by atoms with van der Waals surface area (Å²) < 4.78 is 0. The van der Waals surface area contributed by atoms with Gasteiger partial charge in [0.1, 0.15) is 5.75 Å². The molecule has 67 valence electrons. The van der Waals surface area contributed by atoms with Crippen molar-refractivity contribution >= 4 is 21.8 Å². The summed E-state index contributed by atoms with van der Waals surface area (Å²) >= 11 is 0. The molecule has 3 rings (SSSR count). The van der Waals surface area contributed by atoms with Gasteiger partial charge in [0.2, 0.25) is 0 Å². The van der Waals surface area contributed by atoms with Crippen LogP contribution in [0.1, 0.15) is 0 Å². The van der Waals surface area contributed by atoms with E-state index in [1.165, 1.54) is 5.39 Å². The van der Waals surface area contributed by atoms with Gasteiger partial charge in [-0.15, -0.1) is 0 Å². The van der Waals surface area contributed by atoms with Crippen molar-refractivity contribution in [2.24, 2.45) is 0 Å². The van der Waals surface area contributed by atoms with Gasteiger partial charge in [-0.3, -0.25) is 0 Å². The molecule has 2 N–H and O–H groups in total. The van der Waals surface area contributed by atoms with E-state index in [2.05, 4.69) is 17.1 Å². The van der Waals surface area contributed by atoms with Crippen molar-refractivity contribution in [2.75, 3.05) is 0 Å². The highest BCUT2D eigenvalue weighted by Crippen LogP contribution is 2.26. The minimum Gasteiger partial charge on any atom is -0.507 e. The number of benzene rings is 2. The van der Waals surface area contributed by atoms with Crippen LogP contribution >= 0.6 is 0 Å². The van der Waals surface area contributed by atoms with Gasteiger partial charge in [-0.1, -0.05) is 18.2 Å². The van der Waals surface area contributed by atoms with Crippen LogP contribution in [0.25, 0.3) is 21.8 Å². The molecule has 0 aliphatic carbocycles. The molecule has 3 aromatic rings. The zero-order valence-electron chi connectivity index (χ0n) is 7.41. The van der Waals surface area contributed by atoms with E-state index in [9.17, 15) is 5.11 Å². The standard InChI is InChI=1S/C12H8NO/c14-8-5-6-10-9-3-1-2-4-11(9)13-12(10)7-8/h1-6,13-14H. The van der Waals surface area contributed by atoms with E-state index in [1.807, 2.05) is 24.3 Å². The van der Waals surface area contributed by atoms with Crippen LogP contribution in [0.3, 0.4) is 0 Å². The van der Waals surface area contributed by atoms with Gasteiger partial charge in [-0.05, 0) is 18.2 Å². The van der Waals surface area contributed by atoms with Crippen molar-refractivity contribution < 1.29 is 5.11 Å². The van der Waals surface area contributed by atoms with Crippen molar-refractivity contribution in [3.63, 3.8) is 0 Å². The number of hydrogen-bond acceptors (Lipinski definition) is 1. The molecule has 0 saturated carbocycles. The van der Waals surface area contributed by atoms with E-state index in [0.29, 0.717) is 0 Å². The predicted molar refractivity (Wildman–Crippen MR) is 56.3 cm³/mol. The quantitative estimate of drug-likeness (QED) is 0.551. The van der Waals surface area contributed by atoms with Crippen molar-refractivity contribution in [1.82, 2.24) is 4.98 Å². The number of phenolic OH excluding ortho intramolecular Hbond substituents is 1. The topological polar surface area (TPSA) is 36.0 Å². The Morgan fingerprint density at radius 3 is 2.79 bits per heavy atom. The Balaban J connectivity index is 2.57. The number of aromatic nitrogens is 1. The largest absolute Gasteiger partial charge is 0.507 e. The first kappa shape index (κ1) is 7.44. The maximum absolute atomic E-state index is 9.28. The Morgan fingerprint density at radius 1 is 1.00 bits per heavy atom. The lowest BCUT2D eigenvalue weighted by Crippen LogP contribution is -1.67. The van der Waals surface area contributed by atoms with Gasteiger partial charge in [0.25, 0.3) is 0 Å². The average Bonchev–Trinajstić information content (AvgIpc) is 2.54. The molecule has 2 aromatic carbocycles. The van der Waals surface area contributed by atoms with Gasteiger partial charge >= 0.3 is 0 Å². The van der Waals surface area contributed by atoms with Crippen molar-refractivity contribution in [3.05, 3.63) is 42.5 Å². The van der Waals surface area contributed by atoms with Crippen LogP contribution in [0.4, 0.5) is 0 Å². The molecule has 1 aromatic heterocycles. The summed E-state index contributed by atoms with van der Waals surface area (Å²) in [6.45, 7) is 0. The van der Waals surface area contributed by atoms with Crippen LogP contribution < -0.4 is 0 Å². The lowest BCUT2D eigenvalue weighted by atomic mass is 10.1. The predicted octanol–water partition coefficient (Wildman–Crippen LogP) is 2.83. The third kappa shape index (κ3) is 0.909. The number of rotatable bonds is 0. The summed E-state index contributed by atoms with van der Waals surface area (Å²) in [5, 5.41) is 11.5. The monoisotopic (exact) mass is 182 g/mol. The van der Waals surface area contributed by atoms with Gasteiger partial charge < -0.3 is 10.1 Å². The van der Waals surface area contributed by atoms with Crippen molar-refractivity contribution in [3.8, 4) is 5.75 Å². The molecule has 14 heavy (non-hydrogen) atoms. The SMILES string of the molecule is Oc1[c]c2[nH]c3ccccc3c2cc1. The number of para-hydroxylation sites is 1. The van der Waals surface area contributed by atoms with Gasteiger partial charge in [0, 0.05) is 16.3 Å². The smallest absolute Gasteiger partial charge is 0.125 e. The maximum Gasteiger partial charge on any atom is 0.125 e. The fraction of sp³-hybridized carbons (Fsp3) is 0. The van der Waals surface area contributed by atoms with Crippen LogP contribution in [0.15, 0.2) is 36.4 Å². The number of aromatic amines is 1. The van der Waals surface area contributed by atoms with Crippen molar-refractivity contribution in [2.45, 2.75) is 0 Å². The average molecular weight is 182 g/mol. The van der Waals surface area contributed by atoms with Crippen LogP contribution in [0, 0.1) is 6.07 Å². The third-order valence-corrected chi connectivity index (χ3v) is 2.41. The molecular formula is C12H8NO. The van der Waals surface area contributed by atoms with Crippen LogP contribution in [0.2, 0.25) is 0 Å². The van der Waals surface area contributed by atoms with E-state index >= 15 is 0 Å². The molecule has 0 saturated heterocycles. The van der Waals surface area contributed by atoms with Crippen LogP contribution in [0.5, 0.6) is 5.75 Å². The van der Waals surface area contributed by atoms with Gasteiger partial charge in [-0.25, -0.2) is 0 Å². The molecule has 0 aliphatic heterocycles. The first-order chi connectivity index (χ1) is 6.84. The normalized spacial score (nSPS) is 11.1. The minimum absolute atomic E-state index is 0.170. The van der Waals surface area contributed by atoms with E-state index in [1.54, 1.807) is 6.07 Å². The molecule has 1 radical (unpaired) electrons. The lowest BCUT2D eigenvalue weighted by molar-refractivity contribution is 0.475. The highest BCUT2D eigenvalue weighted by atomic mass is 16.3. The fourth-order valence-electron chi connectivity index (χ4n) is 1.77. The molecule has 0 fully saturated rings. The minimum atomic E-state index is 0.170. The summed E-state index contributed by atoms with van der Waals surface area (Å²) in [4.78, 5) is 3.20. The molecule has 2 heteroatoms. The summed E-state index contributed by atoms with van der Waals surface area (Å²) in [5.41, 5.74) is 1.93. The molecule has 1 heterocycles. The summed E-state index contributed by atoms with van der Waals surface area (Å²) in [5.74, 6) is 0.170. The second kappa shape index (κ2) is 2.51. The third-order valence-electron chi connectivity index (χ3n) is 2.41. The van der Waals surface area contributed by atoms with Crippen LogP contribution in [-0.2, 0) is 0 Å². The fourth-order valence-corrected chi connectivity index (χ4v) is 1.77. The zero-order chi connectivity index (χ0) is 9.54. The van der Waals surface area contributed by atoms with E-state index < -0.39 is 0 Å².